The molecule has 2 fully saturated rings. The second-order valence-corrected chi connectivity index (χ2v) is 6.16. The molecule has 0 aromatic heterocycles. The second kappa shape index (κ2) is 9.82. The lowest BCUT2D eigenvalue weighted by molar-refractivity contribution is 0.213. The normalized spacial score (nSPS) is 22.6. The lowest BCUT2D eigenvalue weighted by Crippen LogP contribution is -2.43. The molecule has 1 aliphatic heterocycles. The molecule has 2 rings (SSSR count). The Kier molecular flexibility index (Phi) is 8.84. The number of nitrogens with one attached hydrogen (secondary N) is 2. The van der Waals surface area contributed by atoms with E-state index in [1.165, 1.54) is 58.0 Å². The monoisotopic (exact) mass is 394 g/mol. The number of nitrogens with zero attached hydrogens (tertiary/aromatic N) is 2. The minimum Gasteiger partial charge on any atom is -0.356 e. The van der Waals surface area contributed by atoms with E-state index in [4.69, 9.17) is 0 Å². The third kappa shape index (κ3) is 6.16. The molecule has 0 unspecified atom stereocenters. The Bertz CT molecular complexity index is 282. The van der Waals surface area contributed by atoms with Crippen LogP contribution < -0.4 is 10.6 Å². The van der Waals surface area contributed by atoms with Crippen LogP contribution in [-0.4, -0.2) is 50.6 Å². The standard InChI is InChI=1S/C15H30N4.HI/c1-16-15(18-14-5-3-4-6-14)17-10-7-13-8-11-19(2)12-9-13;/h13-14H,3-12H2,1-2H3,(H2,16,17,18);1H. The number of likely N-dealkylation sites (tertiary alicyclic amines) is 1. The Morgan fingerprint density at radius 1 is 1.15 bits per heavy atom. The Morgan fingerprint density at radius 2 is 1.80 bits per heavy atom. The lowest BCUT2D eigenvalue weighted by atomic mass is 9.94. The first-order valence-electron chi connectivity index (χ1n) is 7.93. The summed E-state index contributed by atoms with van der Waals surface area (Å²) in [5.74, 6) is 1.90. The number of aliphatic imine (C=N–C) groups is 1. The molecule has 118 valence electrons. The first-order chi connectivity index (χ1) is 9.28. The van der Waals surface area contributed by atoms with Gasteiger partial charge < -0.3 is 15.5 Å². The second-order valence-electron chi connectivity index (χ2n) is 6.16. The molecule has 0 amide bonds. The molecule has 0 radical (unpaired) electrons. The highest BCUT2D eigenvalue weighted by Crippen LogP contribution is 2.19. The average Bonchev–Trinajstić information content (AvgIpc) is 2.93. The van der Waals surface area contributed by atoms with Crippen molar-refractivity contribution < 1.29 is 0 Å². The minimum absolute atomic E-state index is 0. The van der Waals surface area contributed by atoms with E-state index < -0.39 is 0 Å². The van der Waals surface area contributed by atoms with Crippen molar-refractivity contribution >= 4 is 29.9 Å². The van der Waals surface area contributed by atoms with E-state index in [0.29, 0.717) is 6.04 Å². The van der Waals surface area contributed by atoms with Gasteiger partial charge in [-0.2, -0.15) is 0 Å². The maximum Gasteiger partial charge on any atom is 0.191 e. The average molecular weight is 394 g/mol. The first kappa shape index (κ1) is 18.0. The molecule has 5 heteroatoms. The maximum atomic E-state index is 4.33. The fraction of sp³-hybridized carbons (Fsp3) is 0.933. The van der Waals surface area contributed by atoms with E-state index in [2.05, 4.69) is 27.6 Å². The first-order valence-corrected chi connectivity index (χ1v) is 7.93. The Morgan fingerprint density at radius 3 is 2.40 bits per heavy atom. The molecule has 1 saturated heterocycles. The molecule has 0 spiro atoms. The largest absolute Gasteiger partial charge is 0.356 e. The third-order valence-corrected chi connectivity index (χ3v) is 4.60. The maximum absolute atomic E-state index is 4.33. The van der Waals surface area contributed by atoms with E-state index in [1.54, 1.807) is 0 Å². The highest BCUT2D eigenvalue weighted by molar-refractivity contribution is 14.0. The molecule has 20 heavy (non-hydrogen) atoms. The summed E-state index contributed by atoms with van der Waals surface area (Å²) in [6.07, 6.45) is 9.32. The van der Waals surface area contributed by atoms with Gasteiger partial charge in [0.15, 0.2) is 5.96 Å². The summed E-state index contributed by atoms with van der Waals surface area (Å²) < 4.78 is 0. The van der Waals surface area contributed by atoms with Gasteiger partial charge in [0.1, 0.15) is 0 Å². The van der Waals surface area contributed by atoms with Crippen molar-refractivity contribution in [2.24, 2.45) is 10.9 Å². The summed E-state index contributed by atoms with van der Waals surface area (Å²) in [7, 11) is 4.10. The van der Waals surface area contributed by atoms with Crippen molar-refractivity contribution in [1.82, 2.24) is 15.5 Å². The van der Waals surface area contributed by atoms with Gasteiger partial charge in [-0.1, -0.05) is 12.8 Å². The van der Waals surface area contributed by atoms with Gasteiger partial charge in [-0.25, -0.2) is 0 Å². The zero-order valence-corrected chi connectivity index (χ0v) is 15.4. The van der Waals surface area contributed by atoms with Gasteiger partial charge in [0.2, 0.25) is 0 Å². The molecule has 0 aromatic carbocycles. The molecular weight excluding hydrogens is 363 g/mol. The predicted molar refractivity (Wildman–Crippen MR) is 97.0 cm³/mol. The van der Waals surface area contributed by atoms with Crippen LogP contribution in [0.25, 0.3) is 0 Å². The number of hydrogen-bond acceptors (Lipinski definition) is 2. The quantitative estimate of drug-likeness (QED) is 0.437. The molecule has 0 bridgehead atoms. The highest BCUT2D eigenvalue weighted by Gasteiger charge is 2.17. The van der Waals surface area contributed by atoms with E-state index in [-0.39, 0.29) is 24.0 Å². The molecule has 1 aliphatic carbocycles. The Labute approximate surface area is 141 Å². The number of hydrogen-bond donors (Lipinski definition) is 2. The van der Waals surface area contributed by atoms with Crippen molar-refractivity contribution in [3.63, 3.8) is 0 Å². The molecule has 4 nitrogen and oxygen atoms in total. The van der Waals surface area contributed by atoms with Crippen molar-refractivity contribution in [3.05, 3.63) is 0 Å². The van der Waals surface area contributed by atoms with Gasteiger partial charge in [-0.15, -0.1) is 24.0 Å². The van der Waals surface area contributed by atoms with Crippen LogP contribution in [0.3, 0.4) is 0 Å². The molecule has 1 saturated carbocycles. The van der Waals surface area contributed by atoms with Crippen LogP contribution in [0.4, 0.5) is 0 Å². The molecular formula is C15H31IN4. The van der Waals surface area contributed by atoms with E-state index in [1.807, 2.05) is 7.05 Å². The van der Waals surface area contributed by atoms with Crippen LogP contribution in [0.2, 0.25) is 0 Å². The molecule has 2 aliphatic rings. The summed E-state index contributed by atoms with van der Waals surface area (Å²) in [6, 6.07) is 0.648. The van der Waals surface area contributed by atoms with E-state index in [9.17, 15) is 0 Å². The van der Waals surface area contributed by atoms with Crippen molar-refractivity contribution in [2.45, 2.75) is 51.0 Å². The zero-order valence-electron chi connectivity index (χ0n) is 13.0. The van der Waals surface area contributed by atoms with Gasteiger partial charge in [-0.3, -0.25) is 4.99 Å². The summed E-state index contributed by atoms with van der Waals surface area (Å²) >= 11 is 0. The van der Waals surface area contributed by atoms with Crippen LogP contribution in [0.15, 0.2) is 4.99 Å². The molecule has 0 atom stereocenters. The molecule has 1 heterocycles. The predicted octanol–water partition coefficient (Wildman–Crippen LogP) is 2.44. The summed E-state index contributed by atoms with van der Waals surface area (Å²) in [5.41, 5.74) is 0. The van der Waals surface area contributed by atoms with Crippen LogP contribution in [0, 0.1) is 5.92 Å². The number of piperidine rings is 1. The SMILES string of the molecule is CN=C(NCCC1CCN(C)CC1)NC1CCCC1.I. The van der Waals surface area contributed by atoms with Crippen LogP contribution in [-0.2, 0) is 0 Å². The van der Waals surface area contributed by atoms with Crippen LogP contribution >= 0.6 is 24.0 Å². The number of rotatable bonds is 4. The fourth-order valence-corrected chi connectivity index (χ4v) is 3.20. The van der Waals surface area contributed by atoms with Gasteiger partial charge in [0.05, 0.1) is 0 Å². The van der Waals surface area contributed by atoms with Gasteiger partial charge in [0, 0.05) is 19.6 Å². The van der Waals surface area contributed by atoms with Crippen LogP contribution in [0.1, 0.15) is 44.9 Å². The van der Waals surface area contributed by atoms with E-state index in [0.717, 1.165) is 18.4 Å². The molecule has 2 N–H and O–H groups in total. The number of guanidine groups is 1. The summed E-state index contributed by atoms with van der Waals surface area (Å²) in [5, 5.41) is 7.02. The topological polar surface area (TPSA) is 39.7 Å². The van der Waals surface area contributed by atoms with Crippen molar-refractivity contribution in [3.8, 4) is 0 Å². The smallest absolute Gasteiger partial charge is 0.191 e. The third-order valence-electron chi connectivity index (χ3n) is 4.60. The lowest BCUT2D eigenvalue weighted by Gasteiger charge is -2.29. The van der Waals surface area contributed by atoms with Crippen LogP contribution in [0.5, 0.6) is 0 Å². The minimum atomic E-state index is 0. The fourth-order valence-electron chi connectivity index (χ4n) is 3.20. The van der Waals surface area contributed by atoms with Crippen molar-refractivity contribution in [1.29, 1.82) is 0 Å². The summed E-state index contributed by atoms with van der Waals surface area (Å²) in [6.45, 7) is 3.58. The van der Waals surface area contributed by atoms with Gasteiger partial charge in [-0.05, 0) is 58.2 Å². The summed E-state index contributed by atoms with van der Waals surface area (Å²) in [4.78, 5) is 6.77. The number of halogens is 1. The van der Waals surface area contributed by atoms with E-state index >= 15 is 0 Å². The van der Waals surface area contributed by atoms with Gasteiger partial charge in [0.25, 0.3) is 0 Å². The van der Waals surface area contributed by atoms with Gasteiger partial charge >= 0.3 is 0 Å². The Balaban J connectivity index is 0.00000200. The molecule has 0 aromatic rings. The Hall–Kier alpha value is -0.0400. The zero-order chi connectivity index (χ0) is 13.5. The highest BCUT2D eigenvalue weighted by atomic mass is 127. The van der Waals surface area contributed by atoms with Crippen molar-refractivity contribution in [2.75, 3.05) is 33.7 Å².